The lowest BCUT2D eigenvalue weighted by atomic mass is 10.1. The Morgan fingerprint density at radius 1 is 1.38 bits per heavy atom. The molecule has 86 valence electrons. The number of nitrogen functional groups attached to an aromatic ring is 1. The summed E-state index contributed by atoms with van der Waals surface area (Å²) in [6.45, 7) is 1.31. The highest BCUT2D eigenvalue weighted by Crippen LogP contribution is 2.07. The number of hydrogen-bond donors (Lipinski definition) is 2. The fourth-order valence-electron chi connectivity index (χ4n) is 1.09. The van der Waals surface area contributed by atoms with Crippen molar-refractivity contribution in [1.29, 1.82) is 0 Å². The molecular weight excluding hydrogens is 210 g/mol. The number of nitrogens with two attached hydrogens (primary N) is 1. The number of carbonyl (C=O) groups is 2. The van der Waals surface area contributed by atoms with E-state index in [0.29, 0.717) is 5.69 Å². The molecule has 0 saturated carbocycles. The molecule has 0 aromatic heterocycles. The van der Waals surface area contributed by atoms with E-state index in [1.54, 1.807) is 24.3 Å². The maximum absolute atomic E-state index is 11.3. The fraction of sp³-hybridized carbons (Fsp3) is 0.273. The van der Waals surface area contributed by atoms with Crippen LogP contribution >= 0.6 is 0 Å². The molecular formula is C11H13NO4. The zero-order chi connectivity index (χ0) is 12.1. The third-order valence-corrected chi connectivity index (χ3v) is 1.98. The van der Waals surface area contributed by atoms with Crippen LogP contribution in [0.3, 0.4) is 0 Å². The molecule has 0 aliphatic heterocycles. The molecule has 1 atom stereocenters. The maximum Gasteiger partial charge on any atom is 0.344 e. The number of rotatable bonds is 4. The summed E-state index contributed by atoms with van der Waals surface area (Å²) in [5, 5.41) is 8.54. The molecule has 16 heavy (non-hydrogen) atoms. The molecule has 0 amide bonds. The Morgan fingerprint density at radius 2 is 1.94 bits per heavy atom. The predicted molar refractivity (Wildman–Crippen MR) is 57.7 cm³/mol. The maximum atomic E-state index is 11.3. The monoisotopic (exact) mass is 223 g/mol. The quantitative estimate of drug-likeness (QED) is 0.582. The van der Waals surface area contributed by atoms with Gasteiger partial charge < -0.3 is 15.6 Å². The lowest BCUT2D eigenvalue weighted by Gasteiger charge is -2.08. The van der Waals surface area contributed by atoms with E-state index in [0.717, 1.165) is 5.56 Å². The van der Waals surface area contributed by atoms with E-state index in [4.69, 9.17) is 10.8 Å². The Bertz CT molecular complexity index is 385. The van der Waals surface area contributed by atoms with E-state index in [1.165, 1.54) is 6.92 Å². The summed E-state index contributed by atoms with van der Waals surface area (Å²) in [6.07, 6.45) is -1.08. The van der Waals surface area contributed by atoms with Gasteiger partial charge in [-0.3, -0.25) is 4.79 Å². The molecule has 1 aromatic carbocycles. The molecule has 0 saturated heterocycles. The van der Waals surface area contributed by atoms with Crippen LogP contribution in [0, 0.1) is 0 Å². The Balaban J connectivity index is 2.52. The number of esters is 1. The lowest BCUT2D eigenvalue weighted by Crippen LogP contribution is -2.24. The largest absolute Gasteiger partial charge is 0.479 e. The van der Waals surface area contributed by atoms with Gasteiger partial charge in [-0.05, 0) is 24.6 Å². The van der Waals surface area contributed by atoms with Crippen LogP contribution < -0.4 is 5.73 Å². The molecule has 0 fully saturated rings. The van der Waals surface area contributed by atoms with Gasteiger partial charge in [0.05, 0.1) is 6.42 Å². The summed E-state index contributed by atoms with van der Waals surface area (Å²) in [4.78, 5) is 21.7. The fourth-order valence-corrected chi connectivity index (χ4v) is 1.09. The van der Waals surface area contributed by atoms with Gasteiger partial charge in [-0.15, -0.1) is 0 Å². The highest BCUT2D eigenvalue weighted by Gasteiger charge is 2.16. The van der Waals surface area contributed by atoms with Gasteiger partial charge >= 0.3 is 11.9 Å². The number of carboxylic acid groups (broad SMARTS) is 1. The number of ether oxygens (including phenoxy) is 1. The molecule has 0 radical (unpaired) electrons. The Morgan fingerprint density at radius 3 is 2.44 bits per heavy atom. The van der Waals surface area contributed by atoms with Crippen molar-refractivity contribution in [3.05, 3.63) is 29.8 Å². The predicted octanol–water partition coefficient (Wildman–Crippen LogP) is 0.828. The second kappa shape index (κ2) is 5.16. The van der Waals surface area contributed by atoms with Crippen LogP contribution in [0.4, 0.5) is 5.69 Å². The first-order valence-electron chi connectivity index (χ1n) is 4.75. The Labute approximate surface area is 92.8 Å². The van der Waals surface area contributed by atoms with Gasteiger partial charge in [0.1, 0.15) is 0 Å². The third kappa shape index (κ3) is 3.61. The summed E-state index contributed by atoms with van der Waals surface area (Å²) in [5.74, 6) is -1.73. The zero-order valence-electron chi connectivity index (χ0n) is 8.84. The van der Waals surface area contributed by atoms with E-state index in [-0.39, 0.29) is 6.42 Å². The van der Waals surface area contributed by atoms with Crippen molar-refractivity contribution in [3.8, 4) is 0 Å². The summed E-state index contributed by atoms with van der Waals surface area (Å²) >= 11 is 0. The second-order valence-corrected chi connectivity index (χ2v) is 3.39. The van der Waals surface area contributed by atoms with Gasteiger partial charge in [0.15, 0.2) is 6.10 Å². The van der Waals surface area contributed by atoms with Gasteiger partial charge in [-0.25, -0.2) is 4.79 Å². The third-order valence-electron chi connectivity index (χ3n) is 1.98. The molecule has 1 aromatic rings. The van der Waals surface area contributed by atoms with Gasteiger partial charge in [0.25, 0.3) is 0 Å². The Kier molecular flexibility index (Phi) is 3.88. The van der Waals surface area contributed by atoms with Crippen molar-refractivity contribution < 1.29 is 19.4 Å². The number of aliphatic carboxylic acids is 1. The number of hydrogen-bond acceptors (Lipinski definition) is 4. The van der Waals surface area contributed by atoms with Crippen LogP contribution in [0.25, 0.3) is 0 Å². The molecule has 1 rings (SSSR count). The Hall–Kier alpha value is -2.04. The topological polar surface area (TPSA) is 89.6 Å². The minimum Gasteiger partial charge on any atom is -0.479 e. The molecule has 3 N–H and O–H groups in total. The smallest absolute Gasteiger partial charge is 0.344 e. The van der Waals surface area contributed by atoms with Crippen LogP contribution in [0.2, 0.25) is 0 Å². The molecule has 1 unspecified atom stereocenters. The first-order chi connectivity index (χ1) is 7.49. The number of carbonyl (C=O) groups excluding carboxylic acids is 1. The van der Waals surface area contributed by atoms with Crippen LogP contribution in [0.15, 0.2) is 24.3 Å². The van der Waals surface area contributed by atoms with Gasteiger partial charge in [0, 0.05) is 5.69 Å². The average molecular weight is 223 g/mol. The van der Waals surface area contributed by atoms with Crippen molar-refractivity contribution in [3.63, 3.8) is 0 Å². The second-order valence-electron chi connectivity index (χ2n) is 3.39. The first-order valence-corrected chi connectivity index (χ1v) is 4.75. The van der Waals surface area contributed by atoms with E-state index in [9.17, 15) is 9.59 Å². The van der Waals surface area contributed by atoms with Crippen molar-refractivity contribution in [1.82, 2.24) is 0 Å². The van der Waals surface area contributed by atoms with Crippen LogP contribution in [0.5, 0.6) is 0 Å². The van der Waals surface area contributed by atoms with Gasteiger partial charge in [-0.2, -0.15) is 0 Å². The SMILES string of the molecule is CC(OC(=O)Cc1ccc(N)cc1)C(=O)O. The van der Waals surface area contributed by atoms with Crippen LogP contribution in [0.1, 0.15) is 12.5 Å². The zero-order valence-corrected chi connectivity index (χ0v) is 8.84. The van der Waals surface area contributed by atoms with E-state index >= 15 is 0 Å². The average Bonchev–Trinajstić information content (AvgIpc) is 2.21. The summed E-state index contributed by atoms with van der Waals surface area (Å²) in [6, 6.07) is 6.73. The number of carboxylic acids is 1. The summed E-state index contributed by atoms with van der Waals surface area (Å²) in [7, 11) is 0. The molecule has 0 aliphatic rings. The normalized spacial score (nSPS) is 11.8. The highest BCUT2D eigenvalue weighted by molar-refractivity contribution is 5.78. The molecule has 0 spiro atoms. The van der Waals surface area contributed by atoms with Crippen molar-refractivity contribution in [2.45, 2.75) is 19.4 Å². The minimum atomic E-state index is -1.16. The van der Waals surface area contributed by atoms with Crippen molar-refractivity contribution in [2.75, 3.05) is 5.73 Å². The van der Waals surface area contributed by atoms with Crippen molar-refractivity contribution >= 4 is 17.6 Å². The van der Waals surface area contributed by atoms with Gasteiger partial charge in [0.2, 0.25) is 0 Å². The molecule has 0 aliphatic carbocycles. The number of benzene rings is 1. The molecule has 5 heteroatoms. The van der Waals surface area contributed by atoms with E-state index in [1.807, 2.05) is 0 Å². The van der Waals surface area contributed by atoms with E-state index in [2.05, 4.69) is 4.74 Å². The molecule has 0 bridgehead atoms. The molecule has 0 heterocycles. The number of anilines is 1. The first kappa shape index (κ1) is 12.0. The van der Waals surface area contributed by atoms with Crippen LogP contribution in [-0.2, 0) is 20.7 Å². The molecule has 5 nitrogen and oxygen atoms in total. The minimum absolute atomic E-state index is 0.0396. The van der Waals surface area contributed by atoms with Crippen LogP contribution in [-0.4, -0.2) is 23.1 Å². The summed E-state index contributed by atoms with van der Waals surface area (Å²) < 4.78 is 4.68. The lowest BCUT2D eigenvalue weighted by molar-refractivity contribution is -0.162. The van der Waals surface area contributed by atoms with Gasteiger partial charge in [-0.1, -0.05) is 12.1 Å². The highest BCUT2D eigenvalue weighted by atomic mass is 16.6. The van der Waals surface area contributed by atoms with Crippen molar-refractivity contribution in [2.24, 2.45) is 0 Å². The summed E-state index contributed by atoms with van der Waals surface area (Å²) in [5.41, 5.74) is 6.82. The van der Waals surface area contributed by atoms with E-state index < -0.39 is 18.0 Å². The standard InChI is InChI=1S/C11H13NO4/c1-7(11(14)15)16-10(13)6-8-2-4-9(12)5-3-8/h2-5,7H,6,12H2,1H3,(H,14,15).